The molecule has 6 heteroatoms. The maximum absolute atomic E-state index is 6.68. The number of nitrogens with zero attached hydrogens (tertiary/aromatic N) is 4. The number of furan rings is 2. The molecule has 270 valence electrons. The molecule has 2 aliphatic rings. The molecule has 0 saturated carbocycles. The number of para-hydroxylation sites is 3. The highest BCUT2D eigenvalue weighted by Gasteiger charge is 2.22. The quantitative estimate of drug-likeness (QED) is 0.176. The first-order chi connectivity index (χ1) is 28.2. The number of allylic oxidation sites excluding steroid dienone is 8. The first kappa shape index (κ1) is 32.0. The van der Waals surface area contributed by atoms with Gasteiger partial charge < -0.3 is 13.4 Å². The van der Waals surface area contributed by atoms with Crippen LogP contribution in [-0.4, -0.2) is 19.5 Å². The topological polar surface area (TPSA) is 69.9 Å². The van der Waals surface area contributed by atoms with Gasteiger partial charge in [-0.3, -0.25) is 0 Å². The van der Waals surface area contributed by atoms with E-state index in [4.69, 9.17) is 23.8 Å². The van der Waals surface area contributed by atoms with Crippen LogP contribution < -0.4 is 0 Å². The molecule has 6 nitrogen and oxygen atoms in total. The fourth-order valence-corrected chi connectivity index (χ4v) is 8.90. The minimum absolute atomic E-state index is 0.0862. The van der Waals surface area contributed by atoms with Crippen LogP contribution in [0.1, 0.15) is 36.8 Å². The third-order valence-electron chi connectivity index (χ3n) is 11.6. The lowest BCUT2D eigenvalue weighted by Crippen LogP contribution is -2.09. The van der Waals surface area contributed by atoms with E-state index < -0.39 is 0 Å². The zero-order valence-corrected chi connectivity index (χ0v) is 30.9. The van der Waals surface area contributed by atoms with Crippen molar-refractivity contribution in [1.82, 2.24) is 19.5 Å². The second-order valence-electron chi connectivity index (χ2n) is 15.0. The highest BCUT2D eigenvalue weighted by molar-refractivity contribution is 6.15. The highest BCUT2D eigenvalue weighted by atomic mass is 16.3. The van der Waals surface area contributed by atoms with E-state index >= 15 is 0 Å². The smallest absolute Gasteiger partial charge is 0.167 e. The lowest BCUT2D eigenvalue weighted by atomic mass is 9.97. The van der Waals surface area contributed by atoms with Crippen LogP contribution in [0.25, 0.3) is 99.5 Å². The van der Waals surface area contributed by atoms with E-state index in [9.17, 15) is 0 Å². The molecule has 0 aliphatic heterocycles. The van der Waals surface area contributed by atoms with Gasteiger partial charge in [0.2, 0.25) is 0 Å². The first-order valence-electron chi connectivity index (χ1n) is 19.6. The van der Waals surface area contributed by atoms with E-state index in [0.29, 0.717) is 11.6 Å². The van der Waals surface area contributed by atoms with Crippen LogP contribution in [-0.2, 0) is 0 Å². The van der Waals surface area contributed by atoms with Gasteiger partial charge in [-0.15, -0.1) is 0 Å². The van der Waals surface area contributed by atoms with Crippen LogP contribution in [0.15, 0.2) is 173 Å². The van der Waals surface area contributed by atoms with Gasteiger partial charge in [0, 0.05) is 55.6 Å². The summed E-state index contributed by atoms with van der Waals surface area (Å²) in [5, 5.41) is 6.71. The number of fused-ring (bicyclic) bond motifs is 9. The maximum Gasteiger partial charge on any atom is 0.167 e. The molecule has 0 bridgehead atoms. The first-order valence-corrected chi connectivity index (χ1v) is 19.6. The number of hydrogen-bond acceptors (Lipinski definition) is 5. The molecule has 57 heavy (non-hydrogen) atoms. The van der Waals surface area contributed by atoms with Gasteiger partial charge in [0.1, 0.15) is 28.2 Å². The molecular weight excluding hydrogens is 701 g/mol. The molecule has 2 aliphatic carbocycles. The van der Waals surface area contributed by atoms with Crippen LogP contribution in [0.3, 0.4) is 0 Å². The predicted octanol–water partition coefficient (Wildman–Crippen LogP) is 13.4. The number of aromatic nitrogens is 4. The molecule has 6 aromatic carbocycles. The summed E-state index contributed by atoms with van der Waals surface area (Å²) in [6.45, 7) is 0. The monoisotopic (exact) mass is 734 g/mol. The zero-order valence-electron chi connectivity index (χ0n) is 30.9. The van der Waals surface area contributed by atoms with Gasteiger partial charge in [0.05, 0.1) is 16.6 Å². The van der Waals surface area contributed by atoms with Crippen LogP contribution in [0.4, 0.5) is 0 Å². The van der Waals surface area contributed by atoms with Crippen molar-refractivity contribution in [3.63, 3.8) is 0 Å². The van der Waals surface area contributed by atoms with E-state index in [1.807, 2.05) is 0 Å². The Morgan fingerprint density at radius 2 is 1.37 bits per heavy atom. The number of hydrogen-bond donors (Lipinski definition) is 0. The molecule has 0 N–H and O–H groups in total. The summed E-state index contributed by atoms with van der Waals surface area (Å²) in [4.78, 5) is 15.1. The summed E-state index contributed by atoms with van der Waals surface area (Å²) in [7, 11) is 0. The Balaban J connectivity index is 0.986. The third kappa shape index (κ3) is 5.07. The Kier molecular flexibility index (Phi) is 7.08. The molecule has 10 aromatic rings. The molecule has 0 spiro atoms. The second-order valence-corrected chi connectivity index (χ2v) is 15.0. The molecular formula is C51H34N4O2. The van der Waals surface area contributed by atoms with Gasteiger partial charge in [-0.25, -0.2) is 15.0 Å². The van der Waals surface area contributed by atoms with Crippen molar-refractivity contribution in [3.8, 4) is 28.2 Å². The SMILES string of the molecule is C1=CCC(c2nc(C3=CCCC=C3)nc(-c3cccc4c3oc3ccc(-c5cccc6oc7cc(-n8c9ccccc9c9ccccc98)ccc7c56)cc34)n2)C=C1. The van der Waals surface area contributed by atoms with Crippen molar-refractivity contribution >= 4 is 71.3 Å². The minimum Gasteiger partial charge on any atom is -0.456 e. The molecule has 1 unspecified atom stereocenters. The average Bonchev–Trinajstić information content (AvgIpc) is 3.96. The van der Waals surface area contributed by atoms with E-state index in [1.54, 1.807) is 0 Å². The van der Waals surface area contributed by atoms with E-state index in [-0.39, 0.29) is 5.92 Å². The van der Waals surface area contributed by atoms with Crippen LogP contribution in [0.5, 0.6) is 0 Å². The zero-order chi connectivity index (χ0) is 37.5. The molecule has 1 atom stereocenters. The summed E-state index contributed by atoms with van der Waals surface area (Å²) >= 11 is 0. The maximum atomic E-state index is 6.68. The summed E-state index contributed by atoms with van der Waals surface area (Å²) in [5.41, 5.74) is 10.8. The van der Waals surface area contributed by atoms with E-state index in [2.05, 4.69) is 168 Å². The van der Waals surface area contributed by atoms with Crippen molar-refractivity contribution in [2.75, 3.05) is 0 Å². The van der Waals surface area contributed by atoms with Gasteiger partial charge in [-0.1, -0.05) is 109 Å². The Morgan fingerprint density at radius 3 is 2.19 bits per heavy atom. The largest absolute Gasteiger partial charge is 0.456 e. The molecule has 0 radical (unpaired) electrons. The highest BCUT2D eigenvalue weighted by Crippen LogP contribution is 2.42. The molecule has 4 heterocycles. The van der Waals surface area contributed by atoms with Gasteiger partial charge >= 0.3 is 0 Å². The summed E-state index contributed by atoms with van der Waals surface area (Å²) < 4.78 is 15.6. The van der Waals surface area contributed by atoms with Crippen molar-refractivity contribution in [1.29, 1.82) is 0 Å². The molecule has 4 aromatic heterocycles. The average molecular weight is 735 g/mol. The van der Waals surface area contributed by atoms with E-state index in [1.165, 1.54) is 21.8 Å². The summed E-state index contributed by atoms with van der Waals surface area (Å²) in [6, 6.07) is 42.8. The summed E-state index contributed by atoms with van der Waals surface area (Å²) in [6.07, 6.45) is 17.9. The van der Waals surface area contributed by atoms with Gasteiger partial charge in [0.15, 0.2) is 11.6 Å². The number of rotatable bonds is 5. The number of benzene rings is 6. The Labute approximate surface area is 327 Å². The lowest BCUT2D eigenvalue weighted by molar-refractivity contribution is 0.668. The predicted molar refractivity (Wildman–Crippen MR) is 232 cm³/mol. The molecule has 12 rings (SSSR count). The van der Waals surface area contributed by atoms with Crippen molar-refractivity contribution in [2.45, 2.75) is 25.2 Å². The molecule has 0 amide bonds. The van der Waals surface area contributed by atoms with Crippen LogP contribution in [0.2, 0.25) is 0 Å². The normalized spacial score (nSPS) is 15.6. The van der Waals surface area contributed by atoms with Gasteiger partial charge in [-0.05, 0) is 78.9 Å². The Hall–Kier alpha value is -7.31. The minimum atomic E-state index is 0.0862. The van der Waals surface area contributed by atoms with E-state index in [0.717, 1.165) is 96.9 Å². The van der Waals surface area contributed by atoms with Crippen LogP contribution in [0, 0.1) is 0 Å². The lowest BCUT2D eigenvalue weighted by Gasteiger charge is -2.15. The van der Waals surface area contributed by atoms with Gasteiger partial charge in [0.25, 0.3) is 0 Å². The second kappa shape index (κ2) is 12.6. The fourth-order valence-electron chi connectivity index (χ4n) is 8.90. The van der Waals surface area contributed by atoms with Crippen LogP contribution >= 0.6 is 0 Å². The standard InChI is InChI=1S/C51H34N4O2/c1-3-13-31(14-4-1)49-52-50(32-15-5-2-6-16-32)54-51(53-49)40-21-11-20-38-41-29-33(25-28-44(41)57-48(38)40)35-19-12-24-45-47(35)39-27-26-34(30-46(39)56-45)55-42-22-9-7-17-36(42)37-18-8-10-23-43(37)55/h1,3-5,7-13,15-31H,2,6,14H2. The van der Waals surface area contributed by atoms with Gasteiger partial charge in [-0.2, -0.15) is 0 Å². The Morgan fingerprint density at radius 1 is 0.561 bits per heavy atom. The molecule has 0 fully saturated rings. The van der Waals surface area contributed by atoms with Crippen molar-refractivity contribution in [3.05, 3.63) is 176 Å². The molecule has 0 saturated heterocycles. The fraction of sp³-hybridized carbons (Fsp3) is 0.0784. The third-order valence-corrected chi connectivity index (χ3v) is 11.6. The summed E-state index contributed by atoms with van der Waals surface area (Å²) in [5.74, 6) is 2.18. The Bertz CT molecular complexity index is 3350. The van der Waals surface area contributed by atoms with Crippen molar-refractivity contribution < 1.29 is 8.83 Å². The van der Waals surface area contributed by atoms with Crippen molar-refractivity contribution in [2.24, 2.45) is 0 Å².